The molecule has 9 heteroatoms. The third-order valence-corrected chi connectivity index (χ3v) is 7.28. The zero-order chi connectivity index (χ0) is 22.8. The fourth-order valence-electron chi connectivity index (χ4n) is 3.86. The number of nitrogens with one attached hydrogen (secondary N) is 1. The summed E-state index contributed by atoms with van der Waals surface area (Å²) < 4.78 is 44.1. The van der Waals surface area contributed by atoms with E-state index in [0.717, 1.165) is 5.56 Å². The Morgan fingerprint density at radius 1 is 0.970 bits per heavy atom. The number of sulfonamides is 1. The summed E-state index contributed by atoms with van der Waals surface area (Å²) in [6, 6.07) is 18.7. The first kappa shape index (κ1) is 21.1. The second-order valence-electron chi connectivity index (χ2n) is 7.62. The number of hydrogen-bond acceptors (Lipinski definition) is 6. The number of amides is 1. The fraction of sp³-hybridized carbons (Fsp3) is 0.208. The lowest BCUT2D eigenvalue weighted by Crippen LogP contribution is -2.29. The van der Waals surface area contributed by atoms with Crippen molar-refractivity contribution in [2.24, 2.45) is 0 Å². The van der Waals surface area contributed by atoms with Crippen LogP contribution in [-0.4, -0.2) is 40.7 Å². The topological polar surface area (TPSA) is 94.2 Å². The average molecular weight is 467 g/mol. The second-order valence-corrected chi connectivity index (χ2v) is 9.48. The summed E-state index contributed by atoms with van der Waals surface area (Å²) in [5, 5.41) is 2.74. The van der Waals surface area contributed by atoms with Crippen LogP contribution in [0.5, 0.6) is 17.2 Å². The van der Waals surface area contributed by atoms with Gasteiger partial charge in [0.05, 0.1) is 10.6 Å². The number of nitrogens with zero attached hydrogens (tertiary/aromatic N) is 1. The summed E-state index contributed by atoms with van der Waals surface area (Å²) in [6.07, 6.45) is 0.690. The Balaban J connectivity index is 1.20. The van der Waals surface area contributed by atoms with Gasteiger partial charge in [-0.05, 0) is 54.4 Å². The van der Waals surface area contributed by atoms with Gasteiger partial charge in [-0.3, -0.25) is 9.10 Å². The maximum absolute atomic E-state index is 13.1. The van der Waals surface area contributed by atoms with Crippen molar-refractivity contribution in [2.45, 2.75) is 11.3 Å². The molecule has 2 aliphatic rings. The molecular weight excluding hydrogens is 444 g/mol. The van der Waals surface area contributed by atoms with Gasteiger partial charge >= 0.3 is 0 Å². The number of hydrogen-bond donors (Lipinski definition) is 1. The smallest absolute Gasteiger partial charge is 0.264 e. The van der Waals surface area contributed by atoms with Crippen molar-refractivity contribution >= 4 is 27.3 Å². The van der Waals surface area contributed by atoms with Crippen LogP contribution in [0.2, 0.25) is 0 Å². The van der Waals surface area contributed by atoms with Crippen LogP contribution < -0.4 is 23.8 Å². The molecule has 0 saturated heterocycles. The van der Waals surface area contributed by atoms with Gasteiger partial charge in [0.15, 0.2) is 18.1 Å². The molecule has 0 radical (unpaired) electrons. The largest absolute Gasteiger partial charge is 0.486 e. The molecule has 170 valence electrons. The Morgan fingerprint density at radius 3 is 2.55 bits per heavy atom. The fourth-order valence-corrected chi connectivity index (χ4v) is 5.36. The Hall–Kier alpha value is -3.72. The average Bonchev–Trinajstić information content (AvgIpc) is 3.28. The van der Waals surface area contributed by atoms with Gasteiger partial charge in [-0.15, -0.1) is 0 Å². The summed E-state index contributed by atoms with van der Waals surface area (Å²) in [6.45, 7) is 1.15. The third kappa shape index (κ3) is 4.31. The summed E-state index contributed by atoms with van der Waals surface area (Å²) in [7, 11) is -3.67. The molecule has 3 aromatic rings. The third-order valence-electron chi connectivity index (χ3n) is 5.45. The Morgan fingerprint density at radius 2 is 1.73 bits per heavy atom. The highest BCUT2D eigenvalue weighted by Gasteiger charge is 2.30. The molecular formula is C24H22N2O6S. The van der Waals surface area contributed by atoms with E-state index >= 15 is 0 Å². The molecule has 0 atom stereocenters. The van der Waals surface area contributed by atoms with Crippen molar-refractivity contribution in [3.63, 3.8) is 0 Å². The van der Waals surface area contributed by atoms with Crippen LogP contribution in [0.1, 0.15) is 5.56 Å². The first-order chi connectivity index (χ1) is 16.0. The molecule has 0 saturated carbocycles. The van der Waals surface area contributed by atoms with Crippen molar-refractivity contribution in [3.05, 3.63) is 72.3 Å². The van der Waals surface area contributed by atoms with Crippen molar-refractivity contribution in [1.82, 2.24) is 0 Å². The van der Waals surface area contributed by atoms with E-state index in [2.05, 4.69) is 5.32 Å². The number of benzene rings is 3. The number of ether oxygens (including phenoxy) is 3. The molecule has 0 aromatic heterocycles. The minimum Gasteiger partial charge on any atom is -0.486 e. The molecule has 0 fully saturated rings. The van der Waals surface area contributed by atoms with Gasteiger partial charge in [0, 0.05) is 18.3 Å². The van der Waals surface area contributed by atoms with Gasteiger partial charge in [0.2, 0.25) is 0 Å². The predicted molar refractivity (Wildman–Crippen MR) is 123 cm³/mol. The van der Waals surface area contributed by atoms with E-state index in [4.69, 9.17) is 14.2 Å². The lowest BCUT2D eigenvalue weighted by molar-refractivity contribution is -0.118. The standard InChI is InChI=1S/C24H22N2O6S/c27-24(25-18-5-10-22-23(15-18)31-14-13-30-22)16-32-19-6-8-20(9-7-19)33(28,29)26-12-11-17-3-1-2-4-21(17)26/h1-10,15H,11-14,16H2,(H,25,27). The normalized spacial score (nSPS) is 14.5. The van der Waals surface area contributed by atoms with Crippen LogP contribution in [0.25, 0.3) is 0 Å². The highest BCUT2D eigenvalue weighted by Crippen LogP contribution is 2.34. The molecule has 3 aromatic carbocycles. The second kappa shape index (κ2) is 8.67. The van der Waals surface area contributed by atoms with Crippen LogP contribution in [0.3, 0.4) is 0 Å². The number of anilines is 2. The lowest BCUT2D eigenvalue weighted by Gasteiger charge is -2.19. The number of carbonyl (C=O) groups excluding carboxylic acids is 1. The van der Waals surface area contributed by atoms with E-state index in [1.165, 1.54) is 16.4 Å². The van der Waals surface area contributed by atoms with Crippen molar-refractivity contribution in [3.8, 4) is 17.2 Å². The van der Waals surface area contributed by atoms with E-state index < -0.39 is 10.0 Å². The van der Waals surface area contributed by atoms with Gasteiger partial charge < -0.3 is 19.5 Å². The molecule has 1 amide bonds. The molecule has 0 unspecified atom stereocenters. The molecule has 1 N–H and O–H groups in total. The van der Waals surface area contributed by atoms with Crippen molar-refractivity contribution < 1.29 is 27.4 Å². The monoisotopic (exact) mass is 466 g/mol. The van der Waals surface area contributed by atoms with Crippen LogP contribution >= 0.6 is 0 Å². The Kier molecular flexibility index (Phi) is 5.55. The number of carbonyl (C=O) groups is 1. The summed E-state index contributed by atoms with van der Waals surface area (Å²) in [5.41, 5.74) is 2.30. The van der Waals surface area contributed by atoms with Crippen LogP contribution in [0, 0.1) is 0 Å². The highest BCUT2D eigenvalue weighted by atomic mass is 32.2. The quantitative estimate of drug-likeness (QED) is 0.600. The number of rotatable bonds is 6. The van der Waals surface area contributed by atoms with Gasteiger partial charge in [-0.1, -0.05) is 18.2 Å². The minimum absolute atomic E-state index is 0.173. The first-order valence-corrected chi connectivity index (χ1v) is 12.0. The zero-order valence-electron chi connectivity index (χ0n) is 17.7. The highest BCUT2D eigenvalue weighted by molar-refractivity contribution is 7.92. The van der Waals surface area contributed by atoms with E-state index in [0.29, 0.717) is 54.8 Å². The van der Waals surface area contributed by atoms with E-state index in [9.17, 15) is 13.2 Å². The number of fused-ring (bicyclic) bond motifs is 2. The SMILES string of the molecule is O=C(COc1ccc(S(=O)(=O)N2CCc3ccccc32)cc1)Nc1ccc2c(c1)OCCO2. The molecule has 0 aliphatic carbocycles. The molecule has 2 aliphatic heterocycles. The maximum Gasteiger partial charge on any atom is 0.264 e. The maximum atomic E-state index is 13.1. The number of para-hydroxylation sites is 1. The van der Waals surface area contributed by atoms with Crippen LogP contribution in [0.15, 0.2) is 71.6 Å². The first-order valence-electron chi connectivity index (χ1n) is 10.5. The minimum atomic E-state index is -3.67. The van der Waals surface area contributed by atoms with Gasteiger partial charge in [0.1, 0.15) is 19.0 Å². The van der Waals surface area contributed by atoms with Crippen molar-refractivity contribution in [2.75, 3.05) is 36.0 Å². The van der Waals surface area contributed by atoms with Crippen molar-refractivity contribution in [1.29, 1.82) is 0 Å². The van der Waals surface area contributed by atoms with E-state index in [-0.39, 0.29) is 17.4 Å². The Labute approximate surface area is 191 Å². The molecule has 2 heterocycles. The molecule has 0 spiro atoms. The molecule has 5 rings (SSSR count). The van der Waals surface area contributed by atoms with Gasteiger partial charge in [-0.25, -0.2) is 8.42 Å². The van der Waals surface area contributed by atoms with Gasteiger partial charge in [-0.2, -0.15) is 0 Å². The van der Waals surface area contributed by atoms with Gasteiger partial charge in [0.25, 0.3) is 15.9 Å². The predicted octanol–water partition coefficient (Wildman–Crippen LogP) is 3.23. The zero-order valence-corrected chi connectivity index (χ0v) is 18.5. The summed E-state index contributed by atoms with van der Waals surface area (Å²) >= 11 is 0. The van der Waals surface area contributed by atoms with E-state index in [1.807, 2.05) is 24.3 Å². The molecule has 8 nitrogen and oxygen atoms in total. The molecule has 33 heavy (non-hydrogen) atoms. The lowest BCUT2D eigenvalue weighted by atomic mass is 10.2. The van der Waals surface area contributed by atoms with E-state index in [1.54, 1.807) is 30.3 Å². The van der Waals surface area contributed by atoms with Crippen LogP contribution in [-0.2, 0) is 21.2 Å². The summed E-state index contributed by atoms with van der Waals surface area (Å²) in [5.74, 6) is 1.27. The van der Waals surface area contributed by atoms with Crippen LogP contribution in [0.4, 0.5) is 11.4 Å². The Bertz CT molecular complexity index is 1290. The summed E-state index contributed by atoms with van der Waals surface area (Å²) in [4.78, 5) is 12.4. The molecule has 0 bridgehead atoms.